The van der Waals surface area contributed by atoms with Gasteiger partial charge in [0, 0.05) is 18.0 Å². The van der Waals surface area contributed by atoms with Crippen LogP contribution in [0.4, 0.5) is 0 Å². The van der Waals surface area contributed by atoms with Crippen molar-refractivity contribution in [2.45, 2.75) is 13.8 Å². The molecule has 0 amide bonds. The molecule has 0 saturated carbocycles. The Morgan fingerprint density at radius 3 is 2.92 bits per heavy atom. The van der Waals surface area contributed by atoms with E-state index < -0.39 is 0 Å². The SMILES string of the molecule is [CH2]c1cnccc1OCC(C)C. The largest absolute Gasteiger partial charge is 0.493 e. The Hall–Kier alpha value is -1.05. The summed E-state index contributed by atoms with van der Waals surface area (Å²) in [6, 6.07) is 1.84. The van der Waals surface area contributed by atoms with E-state index in [1.54, 1.807) is 12.4 Å². The smallest absolute Gasteiger partial charge is 0.125 e. The van der Waals surface area contributed by atoms with Crippen molar-refractivity contribution in [3.63, 3.8) is 0 Å². The van der Waals surface area contributed by atoms with Crippen molar-refractivity contribution < 1.29 is 4.74 Å². The maximum atomic E-state index is 5.50. The molecule has 1 rings (SSSR count). The molecule has 0 atom stereocenters. The first kappa shape index (κ1) is 9.04. The first-order valence-electron chi connectivity index (χ1n) is 4.09. The van der Waals surface area contributed by atoms with E-state index in [0.29, 0.717) is 5.92 Å². The fourth-order valence-electron chi connectivity index (χ4n) is 0.812. The predicted molar refractivity (Wildman–Crippen MR) is 49.0 cm³/mol. The molecule has 0 aromatic carbocycles. The van der Waals surface area contributed by atoms with Crippen LogP contribution in [0.3, 0.4) is 0 Å². The minimum Gasteiger partial charge on any atom is -0.493 e. The standard InChI is InChI=1S/C10H14NO/c1-8(2)7-12-10-4-5-11-6-9(10)3/h4-6,8H,3,7H2,1-2H3. The molecule has 0 aliphatic heterocycles. The van der Waals surface area contributed by atoms with Crippen LogP contribution in [0.2, 0.25) is 0 Å². The highest BCUT2D eigenvalue weighted by Gasteiger charge is 1.99. The van der Waals surface area contributed by atoms with E-state index in [9.17, 15) is 0 Å². The van der Waals surface area contributed by atoms with E-state index >= 15 is 0 Å². The van der Waals surface area contributed by atoms with Gasteiger partial charge in [0.2, 0.25) is 0 Å². The van der Waals surface area contributed by atoms with Crippen molar-refractivity contribution in [1.82, 2.24) is 4.98 Å². The number of ether oxygens (including phenoxy) is 1. The average molecular weight is 164 g/mol. The topological polar surface area (TPSA) is 22.1 Å². The third kappa shape index (κ3) is 2.53. The van der Waals surface area contributed by atoms with Crippen LogP contribution in [0.5, 0.6) is 5.75 Å². The lowest BCUT2D eigenvalue weighted by molar-refractivity contribution is 0.270. The van der Waals surface area contributed by atoms with E-state index in [1.807, 2.05) is 6.07 Å². The second kappa shape index (κ2) is 4.10. The number of hydrogen-bond donors (Lipinski definition) is 0. The van der Waals surface area contributed by atoms with E-state index in [0.717, 1.165) is 17.9 Å². The lowest BCUT2D eigenvalue weighted by Gasteiger charge is -2.09. The Labute approximate surface area is 73.6 Å². The number of aromatic nitrogens is 1. The summed E-state index contributed by atoms with van der Waals surface area (Å²) in [5.74, 6) is 1.37. The van der Waals surface area contributed by atoms with Crippen molar-refractivity contribution in [3.05, 3.63) is 30.9 Å². The van der Waals surface area contributed by atoms with E-state index in [4.69, 9.17) is 4.74 Å². The van der Waals surface area contributed by atoms with E-state index in [-0.39, 0.29) is 0 Å². The Bertz CT molecular complexity index is 245. The van der Waals surface area contributed by atoms with Gasteiger partial charge < -0.3 is 4.74 Å². The molecule has 0 bridgehead atoms. The molecular formula is C10H14NO. The minimum absolute atomic E-state index is 0.539. The Balaban J connectivity index is 2.57. The molecule has 1 aromatic heterocycles. The minimum atomic E-state index is 0.539. The van der Waals surface area contributed by atoms with Crippen molar-refractivity contribution in [2.75, 3.05) is 6.61 Å². The highest BCUT2D eigenvalue weighted by Crippen LogP contribution is 2.15. The van der Waals surface area contributed by atoms with Gasteiger partial charge in [-0.3, -0.25) is 4.98 Å². The molecular weight excluding hydrogens is 150 g/mol. The molecule has 0 N–H and O–H groups in total. The molecule has 12 heavy (non-hydrogen) atoms. The Morgan fingerprint density at radius 2 is 2.33 bits per heavy atom. The van der Waals surface area contributed by atoms with Gasteiger partial charge >= 0.3 is 0 Å². The summed E-state index contributed by atoms with van der Waals surface area (Å²) in [5, 5.41) is 0. The van der Waals surface area contributed by atoms with Gasteiger partial charge in [0.1, 0.15) is 5.75 Å². The van der Waals surface area contributed by atoms with E-state index in [2.05, 4.69) is 25.8 Å². The maximum Gasteiger partial charge on any atom is 0.125 e. The molecule has 1 heterocycles. The zero-order valence-electron chi connectivity index (χ0n) is 7.58. The summed E-state index contributed by atoms with van der Waals surface area (Å²) in [7, 11) is 0. The van der Waals surface area contributed by atoms with Crippen LogP contribution in [-0.2, 0) is 0 Å². The highest BCUT2D eigenvalue weighted by atomic mass is 16.5. The first-order valence-corrected chi connectivity index (χ1v) is 4.09. The van der Waals surface area contributed by atoms with Gasteiger partial charge in [-0.2, -0.15) is 0 Å². The second-order valence-corrected chi connectivity index (χ2v) is 3.19. The van der Waals surface area contributed by atoms with Crippen molar-refractivity contribution in [2.24, 2.45) is 5.92 Å². The zero-order valence-corrected chi connectivity index (χ0v) is 7.58. The number of rotatable bonds is 3. The molecule has 0 aliphatic carbocycles. The van der Waals surface area contributed by atoms with Crippen LogP contribution in [0.1, 0.15) is 19.4 Å². The molecule has 0 spiro atoms. The molecule has 0 aliphatic rings. The van der Waals surface area contributed by atoms with Gasteiger partial charge in [0.05, 0.1) is 6.61 Å². The lowest BCUT2D eigenvalue weighted by Crippen LogP contribution is -2.05. The fourth-order valence-corrected chi connectivity index (χ4v) is 0.812. The van der Waals surface area contributed by atoms with Crippen LogP contribution < -0.4 is 4.74 Å². The van der Waals surface area contributed by atoms with Crippen molar-refractivity contribution >= 4 is 0 Å². The summed E-state index contributed by atoms with van der Waals surface area (Å²) in [6.45, 7) is 8.77. The molecule has 0 saturated heterocycles. The van der Waals surface area contributed by atoms with Gasteiger partial charge in [0.15, 0.2) is 0 Å². The van der Waals surface area contributed by atoms with Crippen LogP contribution in [0.15, 0.2) is 18.5 Å². The van der Waals surface area contributed by atoms with Crippen LogP contribution >= 0.6 is 0 Å². The molecule has 0 unspecified atom stereocenters. The predicted octanol–water partition coefficient (Wildman–Crippen LogP) is 2.30. The van der Waals surface area contributed by atoms with Gasteiger partial charge in [0.25, 0.3) is 0 Å². The summed E-state index contributed by atoms with van der Waals surface area (Å²) in [6.07, 6.45) is 3.42. The molecule has 1 radical (unpaired) electrons. The van der Waals surface area contributed by atoms with Crippen LogP contribution in [0.25, 0.3) is 0 Å². The Morgan fingerprint density at radius 1 is 1.58 bits per heavy atom. The fraction of sp³-hybridized carbons (Fsp3) is 0.400. The molecule has 2 heteroatoms. The summed E-state index contributed by atoms with van der Waals surface area (Å²) < 4.78 is 5.50. The third-order valence-electron chi connectivity index (χ3n) is 1.43. The van der Waals surface area contributed by atoms with Crippen molar-refractivity contribution in [1.29, 1.82) is 0 Å². The lowest BCUT2D eigenvalue weighted by atomic mass is 10.2. The Kier molecular flexibility index (Phi) is 3.09. The molecule has 0 fully saturated rings. The zero-order chi connectivity index (χ0) is 8.97. The van der Waals surface area contributed by atoms with Crippen molar-refractivity contribution in [3.8, 4) is 5.75 Å². The second-order valence-electron chi connectivity index (χ2n) is 3.19. The normalized spacial score (nSPS) is 10.3. The third-order valence-corrected chi connectivity index (χ3v) is 1.43. The summed E-state index contributed by atoms with van der Waals surface area (Å²) in [5.41, 5.74) is 0.846. The molecule has 2 nitrogen and oxygen atoms in total. The monoisotopic (exact) mass is 164 g/mol. The van der Waals surface area contributed by atoms with E-state index in [1.165, 1.54) is 0 Å². The highest BCUT2D eigenvalue weighted by molar-refractivity contribution is 5.32. The first-order chi connectivity index (χ1) is 5.70. The maximum absolute atomic E-state index is 5.50. The molecule has 1 aromatic rings. The van der Waals surface area contributed by atoms with Gasteiger partial charge in [-0.25, -0.2) is 0 Å². The summed E-state index contributed by atoms with van der Waals surface area (Å²) >= 11 is 0. The number of hydrogen-bond acceptors (Lipinski definition) is 2. The van der Waals surface area contributed by atoms with Gasteiger partial charge in [-0.1, -0.05) is 13.8 Å². The number of nitrogens with zero attached hydrogens (tertiary/aromatic N) is 1. The van der Waals surface area contributed by atoms with Gasteiger partial charge in [-0.05, 0) is 18.9 Å². The van der Waals surface area contributed by atoms with Crippen LogP contribution in [0, 0.1) is 12.8 Å². The van der Waals surface area contributed by atoms with Crippen LogP contribution in [-0.4, -0.2) is 11.6 Å². The number of pyridine rings is 1. The average Bonchev–Trinajstić information content (AvgIpc) is 2.03. The van der Waals surface area contributed by atoms with Gasteiger partial charge in [-0.15, -0.1) is 0 Å². The molecule has 65 valence electrons. The summed E-state index contributed by atoms with van der Waals surface area (Å²) in [4.78, 5) is 3.93. The quantitative estimate of drug-likeness (QED) is 0.683.